The van der Waals surface area contributed by atoms with Gasteiger partial charge in [-0.2, -0.15) is 0 Å². The topological polar surface area (TPSA) is 58.1 Å². The van der Waals surface area contributed by atoms with Gasteiger partial charge in [-0.25, -0.2) is 0 Å². The van der Waals surface area contributed by atoms with Crippen LogP contribution < -0.4 is 15.4 Å². The first kappa shape index (κ1) is 22.9. The number of piperidine rings is 1. The molecule has 1 saturated carbocycles. The minimum Gasteiger partial charge on any atom is -0.497 e. The van der Waals surface area contributed by atoms with Crippen molar-refractivity contribution in [2.45, 2.75) is 51.0 Å². The van der Waals surface area contributed by atoms with Crippen LogP contribution in [0.4, 0.5) is 0 Å². The normalized spacial score (nSPS) is 20.3. The van der Waals surface area contributed by atoms with E-state index in [1.54, 1.807) is 14.2 Å². The Morgan fingerprint density at radius 3 is 2.37 bits per heavy atom. The van der Waals surface area contributed by atoms with Crippen LogP contribution in [0.1, 0.15) is 56.6 Å². The molecular formula is C24H40N4O2. The molecule has 0 amide bonds. The van der Waals surface area contributed by atoms with E-state index in [9.17, 15) is 0 Å². The number of nitrogens with zero attached hydrogens (tertiary/aromatic N) is 2. The number of methoxy groups -OCH3 is 2. The second-order valence-corrected chi connectivity index (χ2v) is 8.79. The average Bonchev–Trinajstić information content (AvgIpc) is 2.78. The van der Waals surface area contributed by atoms with Gasteiger partial charge in [0.25, 0.3) is 0 Å². The van der Waals surface area contributed by atoms with Crippen LogP contribution in [0.5, 0.6) is 5.75 Å². The van der Waals surface area contributed by atoms with Gasteiger partial charge in [0.05, 0.1) is 13.2 Å². The number of rotatable bonds is 10. The minimum atomic E-state index is 0.334. The van der Waals surface area contributed by atoms with Gasteiger partial charge in [-0.1, -0.05) is 25.0 Å². The lowest BCUT2D eigenvalue weighted by Crippen LogP contribution is -2.49. The third-order valence-corrected chi connectivity index (χ3v) is 6.90. The average molecular weight is 417 g/mol. The molecule has 0 spiro atoms. The van der Waals surface area contributed by atoms with Gasteiger partial charge in [-0.05, 0) is 68.3 Å². The molecule has 1 saturated heterocycles. The van der Waals surface area contributed by atoms with Crippen molar-refractivity contribution < 1.29 is 9.47 Å². The van der Waals surface area contributed by atoms with Crippen molar-refractivity contribution >= 4 is 5.96 Å². The highest BCUT2D eigenvalue weighted by Crippen LogP contribution is 2.43. The van der Waals surface area contributed by atoms with E-state index < -0.39 is 0 Å². The number of aliphatic imine (C=N–C) groups is 1. The first-order valence-corrected chi connectivity index (χ1v) is 11.5. The third-order valence-electron chi connectivity index (χ3n) is 6.90. The van der Waals surface area contributed by atoms with E-state index in [2.05, 4.69) is 44.8 Å². The fourth-order valence-corrected chi connectivity index (χ4v) is 4.71. The Kier molecular flexibility index (Phi) is 8.82. The summed E-state index contributed by atoms with van der Waals surface area (Å²) in [6.07, 6.45) is 8.90. The third kappa shape index (κ3) is 6.11. The molecular weight excluding hydrogens is 376 g/mol. The Labute approximate surface area is 182 Å². The maximum Gasteiger partial charge on any atom is 0.191 e. The maximum atomic E-state index is 5.35. The monoisotopic (exact) mass is 416 g/mol. The summed E-state index contributed by atoms with van der Waals surface area (Å²) in [5.74, 6) is 1.80. The fraction of sp³-hybridized carbons (Fsp3) is 0.708. The zero-order valence-electron chi connectivity index (χ0n) is 19.1. The second kappa shape index (κ2) is 11.6. The number of likely N-dealkylation sites (tertiary alicyclic amines) is 1. The summed E-state index contributed by atoms with van der Waals surface area (Å²) in [7, 11) is 5.37. The zero-order chi connectivity index (χ0) is 21.2. The number of nitrogens with one attached hydrogen (secondary N) is 2. The van der Waals surface area contributed by atoms with Crippen molar-refractivity contribution in [1.29, 1.82) is 0 Å². The second-order valence-electron chi connectivity index (χ2n) is 8.79. The summed E-state index contributed by atoms with van der Waals surface area (Å²) < 4.78 is 10.7. The molecule has 6 nitrogen and oxygen atoms in total. The van der Waals surface area contributed by atoms with Crippen LogP contribution in [0.25, 0.3) is 0 Å². The van der Waals surface area contributed by atoms with Gasteiger partial charge in [-0.3, -0.25) is 9.89 Å². The Balaban J connectivity index is 1.60. The SMILES string of the molecule is CN=C(NCC(c1ccc(OC)cc1)N1CCCCC1)NCC1(CCOC)CCC1. The highest BCUT2D eigenvalue weighted by atomic mass is 16.5. The van der Waals surface area contributed by atoms with Gasteiger partial charge < -0.3 is 20.1 Å². The Bertz CT molecular complexity index is 652. The van der Waals surface area contributed by atoms with Crippen LogP contribution in [-0.2, 0) is 4.74 Å². The largest absolute Gasteiger partial charge is 0.497 e. The number of hydrogen-bond acceptors (Lipinski definition) is 4. The quantitative estimate of drug-likeness (QED) is 0.451. The highest BCUT2D eigenvalue weighted by Gasteiger charge is 2.36. The minimum absolute atomic E-state index is 0.334. The van der Waals surface area contributed by atoms with Gasteiger partial charge in [0, 0.05) is 33.9 Å². The molecule has 2 fully saturated rings. The van der Waals surface area contributed by atoms with Crippen molar-refractivity contribution in [2.75, 3.05) is 54.1 Å². The van der Waals surface area contributed by atoms with Crippen molar-refractivity contribution in [1.82, 2.24) is 15.5 Å². The van der Waals surface area contributed by atoms with Crippen LogP contribution in [0.3, 0.4) is 0 Å². The first-order chi connectivity index (χ1) is 14.7. The molecule has 30 heavy (non-hydrogen) atoms. The fourth-order valence-electron chi connectivity index (χ4n) is 4.71. The van der Waals surface area contributed by atoms with Crippen LogP contribution in [0.15, 0.2) is 29.3 Å². The lowest BCUT2D eigenvalue weighted by Gasteiger charge is -2.42. The molecule has 0 aromatic heterocycles. The Hall–Kier alpha value is -1.79. The van der Waals surface area contributed by atoms with E-state index in [1.807, 2.05) is 7.05 Å². The summed E-state index contributed by atoms with van der Waals surface area (Å²) in [5, 5.41) is 7.20. The standard InChI is InChI=1S/C24H40N4O2/c1-25-23(27-19-24(12-7-13-24)14-17-29-2)26-18-22(28-15-5-4-6-16-28)20-8-10-21(30-3)11-9-20/h8-11,22H,4-7,12-19H2,1-3H3,(H2,25,26,27). The number of guanidine groups is 1. The van der Waals surface area contributed by atoms with E-state index >= 15 is 0 Å². The molecule has 1 aliphatic heterocycles. The summed E-state index contributed by atoms with van der Waals surface area (Å²) in [6, 6.07) is 8.86. The smallest absolute Gasteiger partial charge is 0.191 e. The molecule has 1 aromatic rings. The van der Waals surface area contributed by atoms with Crippen LogP contribution in [-0.4, -0.2) is 64.9 Å². The van der Waals surface area contributed by atoms with Gasteiger partial charge in [0.2, 0.25) is 0 Å². The van der Waals surface area contributed by atoms with Gasteiger partial charge >= 0.3 is 0 Å². The molecule has 1 aliphatic carbocycles. The Morgan fingerprint density at radius 2 is 1.80 bits per heavy atom. The summed E-state index contributed by atoms with van der Waals surface area (Å²) >= 11 is 0. The van der Waals surface area contributed by atoms with Crippen molar-refractivity contribution in [3.8, 4) is 5.75 Å². The molecule has 1 atom stereocenters. The molecule has 2 N–H and O–H groups in total. The zero-order valence-corrected chi connectivity index (χ0v) is 19.1. The van der Waals surface area contributed by atoms with E-state index in [0.29, 0.717) is 11.5 Å². The molecule has 1 unspecified atom stereocenters. The highest BCUT2D eigenvalue weighted by molar-refractivity contribution is 5.79. The van der Waals surface area contributed by atoms with E-state index in [-0.39, 0.29) is 0 Å². The molecule has 6 heteroatoms. The van der Waals surface area contributed by atoms with Crippen LogP contribution in [0, 0.1) is 5.41 Å². The molecule has 1 aromatic carbocycles. The lowest BCUT2D eigenvalue weighted by molar-refractivity contribution is 0.0732. The molecule has 0 bridgehead atoms. The predicted molar refractivity (Wildman–Crippen MR) is 123 cm³/mol. The van der Waals surface area contributed by atoms with Crippen molar-refractivity contribution in [2.24, 2.45) is 10.4 Å². The first-order valence-electron chi connectivity index (χ1n) is 11.5. The summed E-state index contributed by atoms with van der Waals surface area (Å²) in [6.45, 7) is 4.96. The maximum absolute atomic E-state index is 5.35. The summed E-state index contributed by atoms with van der Waals surface area (Å²) in [4.78, 5) is 7.10. The van der Waals surface area contributed by atoms with E-state index in [0.717, 1.165) is 50.9 Å². The molecule has 0 radical (unpaired) electrons. The van der Waals surface area contributed by atoms with E-state index in [1.165, 1.54) is 44.1 Å². The van der Waals surface area contributed by atoms with Gasteiger partial charge in [0.15, 0.2) is 5.96 Å². The summed E-state index contributed by atoms with van der Waals surface area (Å²) in [5.41, 5.74) is 1.70. The van der Waals surface area contributed by atoms with Crippen molar-refractivity contribution in [3.05, 3.63) is 29.8 Å². The van der Waals surface area contributed by atoms with Crippen molar-refractivity contribution in [3.63, 3.8) is 0 Å². The van der Waals surface area contributed by atoms with Crippen LogP contribution >= 0.6 is 0 Å². The lowest BCUT2D eigenvalue weighted by atomic mass is 9.67. The number of benzene rings is 1. The molecule has 3 rings (SSSR count). The molecule has 1 heterocycles. The van der Waals surface area contributed by atoms with Gasteiger partial charge in [0.1, 0.15) is 5.75 Å². The van der Waals surface area contributed by atoms with Crippen LogP contribution in [0.2, 0.25) is 0 Å². The van der Waals surface area contributed by atoms with Gasteiger partial charge in [-0.15, -0.1) is 0 Å². The van der Waals surface area contributed by atoms with E-state index in [4.69, 9.17) is 9.47 Å². The molecule has 2 aliphatic rings. The number of ether oxygens (including phenoxy) is 2. The molecule has 168 valence electrons. The predicted octanol–water partition coefficient (Wildman–Crippen LogP) is 3.59. The number of hydrogen-bond donors (Lipinski definition) is 2. The Morgan fingerprint density at radius 1 is 1.07 bits per heavy atom.